The molecule has 2 aliphatic rings. The summed E-state index contributed by atoms with van der Waals surface area (Å²) in [5, 5.41) is 1.12. The summed E-state index contributed by atoms with van der Waals surface area (Å²) in [6.45, 7) is 4.36. The van der Waals surface area contributed by atoms with Crippen LogP contribution < -0.4 is 4.90 Å². The summed E-state index contributed by atoms with van der Waals surface area (Å²) >= 11 is 0. The average Bonchev–Trinajstić information content (AvgIpc) is 3.25. The number of anilines is 1. The van der Waals surface area contributed by atoms with E-state index in [1.54, 1.807) is 13.4 Å². The van der Waals surface area contributed by atoms with E-state index in [-0.39, 0.29) is 0 Å². The highest BCUT2D eigenvalue weighted by molar-refractivity contribution is 5.87. The van der Waals surface area contributed by atoms with Gasteiger partial charge in [-0.3, -0.25) is 0 Å². The Kier molecular flexibility index (Phi) is 3.95. The van der Waals surface area contributed by atoms with E-state index in [9.17, 15) is 0 Å². The van der Waals surface area contributed by atoms with E-state index in [2.05, 4.69) is 37.9 Å². The topological polar surface area (TPSA) is 57.3 Å². The lowest BCUT2D eigenvalue weighted by atomic mass is 10.0. The van der Waals surface area contributed by atoms with Gasteiger partial charge in [0.2, 0.25) is 0 Å². The van der Waals surface area contributed by atoms with Crippen molar-refractivity contribution in [3.8, 4) is 0 Å². The van der Waals surface area contributed by atoms with Crippen molar-refractivity contribution in [3.63, 3.8) is 0 Å². The van der Waals surface area contributed by atoms with Gasteiger partial charge in [-0.15, -0.1) is 0 Å². The van der Waals surface area contributed by atoms with Crippen LogP contribution in [-0.2, 0) is 4.74 Å². The first-order chi connectivity index (χ1) is 11.3. The number of nitrogens with zero attached hydrogens (tertiary/aromatic N) is 4. The minimum Gasteiger partial charge on any atom is -0.383 e. The maximum Gasteiger partial charge on any atom is 0.142 e. The van der Waals surface area contributed by atoms with E-state index in [0.717, 1.165) is 41.8 Å². The minimum atomic E-state index is 0.586. The lowest BCUT2D eigenvalue weighted by molar-refractivity contribution is 0.156. The second kappa shape index (κ2) is 6.09. The largest absolute Gasteiger partial charge is 0.383 e. The first-order valence-electron chi connectivity index (χ1n) is 8.48. The van der Waals surface area contributed by atoms with Crippen LogP contribution in [0.5, 0.6) is 0 Å². The fourth-order valence-corrected chi connectivity index (χ4v) is 4.40. The molecule has 2 aromatic rings. The summed E-state index contributed by atoms with van der Waals surface area (Å²) in [6.07, 6.45) is 6.13. The Morgan fingerprint density at radius 3 is 2.83 bits per heavy atom. The van der Waals surface area contributed by atoms with E-state index >= 15 is 0 Å². The zero-order valence-corrected chi connectivity index (χ0v) is 13.9. The summed E-state index contributed by atoms with van der Waals surface area (Å²) in [6, 6.07) is 2.66. The molecule has 1 aliphatic heterocycles. The van der Waals surface area contributed by atoms with Gasteiger partial charge in [0.25, 0.3) is 0 Å². The first-order valence-corrected chi connectivity index (χ1v) is 8.48. The summed E-state index contributed by atoms with van der Waals surface area (Å²) < 4.78 is 5.21. The number of H-pyrrole nitrogens is 1. The molecule has 2 atom stereocenters. The fourth-order valence-electron chi connectivity index (χ4n) is 4.40. The van der Waals surface area contributed by atoms with E-state index in [1.807, 2.05) is 6.20 Å². The van der Waals surface area contributed by atoms with E-state index in [4.69, 9.17) is 4.74 Å². The number of aromatic amines is 1. The molecule has 3 heterocycles. The Balaban J connectivity index is 1.44. The van der Waals surface area contributed by atoms with Crippen LogP contribution in [-0.4, -0.2) is 66.3 Å². The van der Waals surface area contributed by atoms with Crippen molar-refractivity contribution in [1.29, 1.82) is 0 Å². The van der Waals surface area contributed by atoms with Gasteiger partial charge < -0.3 is 19.5 Å². The van der Waals surface area contributed by atoms with Crippen LogP contribution in [0.25, 0.3) is 11.0 Å². The molecule has 4 rings (SSSR count). The Morgan fingerprint density at radius 1 is 1.30 bits per heavy atom. The second-order valence-electron chi connectivity index (χ2n) is 6.95. The zero-order chi connectivity index (χ0) is 15.8. The van der Waals surface area contributed by atoms with Gasteiger partial charge in [0.15, 0.2) is 0 Å². The van der Waals surface area contributed by atoms with Gasteiger partial charge >= 0.3 is 0 Å². The Bertz CT molecular complexity index is 658. The van der Waals surface area contributed by atoms with Gasteiger partial charge in [-0.05, 0) is 30.7 Å². The lowest BCUT2D eigenvalue weighted by Crippen LogP contribution is -2.33. The van der Waals surface area contributed by atoms with Gasteiger partial charge in [-0.1, -0.05) is 0 Å². The predicted molar refractivity (Wildman–Crippen MR) is 90.6 cm³/mol. The fraction of sp³-hybridized carbons (Fsp3) is 0.647. The van der Waals surface area contributed by atoms with Crippen LogP contribution in [0, 0.1) is 11.8 Å². The molecule has 2 unspecified atom stereocenters. The van der Waals surface area contributed by atoms with Crippen molar-refractivity contribution in [2.45, 2.75) is 18.9 Å². The third-order valence-corrected chi connectivity index (χ3v) is 5.63. The van der Waals surface area contributed by atoms with Crippen molar-refractivity contribution in [2.75, 3.05) is 45.3 Å². The number of nitrogens with one attached hydrogen (secondary N) is 1. The number of rotatable bonds is 5. The Labute approximate surface area is 136 Å². The molecule has 2 aromatic heterocycles. The molecule has 0 amide bonds. The van der Waals surface area contributed by atoms with Crippen molar-refractivity contribution in [2.24, 2.45) is 11.8 Å². The highest BCUT2D eigenvalue weighted by Crippen LogP contribution is 2.41. The number of hydrogen-bond acceptors (Lipinski definition) is 5. The molecule has 23 heavy (non-hydrogen) atoms. The molecule has 1 saturated carbocycles. The number of aromatic nitrogens is 3. The monoisotopic (exact) mass is 315 g/mol. The Morgan fingerprint density at radius 2 is 2.09 bits per heavy atom. The quantitative estimate of drug-likeness (QED) is 0.911. The highest BCUT2D eigenvalue weighted by Gasteiger charge is 2.42. The summed E-state index contributed by atoms with van der Waals surface area (Å²) in [5.41, 5.74) is 0.922. The molecule has 1 N–H and O–H groups in total. The van der Waals surface area contributed by atoms with Crippen molar-refractivity contribution >= 4 is 16.9 Å². The third-order valence-electron chi connectivity index (χ3n) is 5.63. The van der Waals surface area contributed by atoms with Crippen molar-refractivity contribution in [1.82, 2.24) is 19.9 Å². The van der Waals surface area contributed by atoms with Gasteiger partial charge in [-0.25, -0.2) is 9.97 Å². The molecule has 6 heteroatoms. The van der Waals surface area contributed by atoms with Gasteiger partial charge in [0.05, 0.1) is 12.0 Å². The van der Waals surface area contributed by atoms with E-state index < -0.39 is 0 Å². The second-order valence-corrected chi connectivity index (χ2v) is 6.95. The summed E-state index contributed by atoms with van der Waals surface area (Å²) in [5.74, 6) is 2.70. The summed E-state index contributed by atoms with van der Waals surface area (Å²) in [4.78, 5) is 16.9. The van der Waals surface area contributed by atoms with Crippen molar-refractivity contribution in [3.05, 3.63) is 18.6 Å². The molecular formula is C17H25N5O. The molecule has 1 saturated heterocycles. The Hall–Kier alpha value is -1.66. The first kappa shape index (κ1) is 14.9. The zero-order valence-electron chi connectivity index (χ0n) is 13.9. The molecule has 0 bridgehead atoms. The normalized spacial score (nSPS) is 27.7. The van der Waals surface area contributed by atoms with Crippen LogP contribution in [0.2, 0.25) is 0 Å². The van der Waals surface area contributed by atoms with Crippen LogP contribution in [0.3, 0.4) is 0 Å². The van der Waals surface area contributed by atoms with Crippen LogP contribution in [0.1, 0.15) is 12.8 Å². The molecule has 0 spiro atoms. The number of methoxy groups -OCH3 is 1. The third kappa shape index (κ3) is 2.70. The molecule has 0 aromatic carbocycles. The summed E-state index contributed by atoms with van der Waals surface area (Å²) in [7, 11) is 3.97. The number of hydrogen-bond donors (Lipinski definition) is 1. The van der Waals surface area contributed by atoms with Crippen LogP contribution in [0.15, 0.2) is 18.6 Å². The van der Waals surface area contributed by atoms with E-state index in [1.165, 1.54) is 25.9 Å². The van der Waals surface area contributed by atoms with Crippen molar-refractivity contribution < 1.29 is 4.74 Å². The highest BCUT2D eigenvalue weighted by atomic mass is 16.5. The maximum absolute atomic E-state index is 5.21. The van der Waals surface area contributed by atoms with Crippen LogP contribution in [0.4, 0.5) is 5.82 Å². The molecular weight excluding hydrogens is 290 g/mol. The SMILES string of the molecule is COCCN1CC2CC(N(C)c3ncnc4[nH]ccc34)CC2C1. The van der Waals surface area contributed by atoms with Crippen LogP contribution >= 0.6 is 0 Å². The average molecular weight is 315 g/mol. The number of ether oxygens (including phenoxy) is 1. The molecule has 6 nitrogen and oxygen atoms in total. The smallest absolute Gasteiger partial charge is 0.142 e. The number of likely N-dealkylation sites (tertiary alicyclic amines) is 1. The maximum atomic E-state index is 5.21. The standard InChI is InChI=1S/C17H25N5O/c1-21(17-15-3-4-18-16(15)19-11-20-17)14-7-12-9-22(5-6-23-2)10-13(12)8-14/h3-4,11-14H,5-10H2,1-2H3,(H,18,19,20). The molecule has 0 radical (unpaired) electrons. The van der Waals surface area contributed by atoms with Gasteiger partial charge in [0, 0.05) is 46.0 Å². The number of fused-ring (bicyclic) bond motifs is 2. The van der Waals surface area contributed by atoms with Gasteiger partial charge in [0.1, 0.15) is 17.8 Å². The van der Waals surface area contributed by atoms with E-state index in [0.29, 0.717) is 6.04 Å². The lowest BCUT2D eigenvalue weighted by Gasteiger charge is -2.27. The molecule has 2 fully saturated rings. The minimum absolute atomic E-state index is 0.586. The predicted octanol–water partition coefficient (Wildman–Crippen LogP) is 1.75. The molecule has 124 valence electrons. The van der Waals surface area contributed by atoms with Gasteiger partial charge in [-0.2, -0.15) is 0 Å². The molecule has 1 aliphatic carbocycles.